The van der Waals surface area contributed by atoms with E-state index >= 15 is 0 Å². The molecule has 1 saturated heterocycles. The van der Waals surface area contributed by atoms with Crippen LogP contribution in [0.5, 0.6) is 0 Å². The third-order valence-electron chi connectivity index (χ3n) is 2.57. The van der Waals surface area contributed by atoms with Gasteiger partial charge in [-0.05, 0) is 13.8 Å². The van der Waals surface area contributed by atoms with E-state index in [9.17, 15) is 8.42 Å². The summed E-state index contributed by atoms with van der Waals surface area (Å²) >= 11 is 0. The van der Waals surface area contributed by atoms with Gasteiger partial charge in [-0.1, -0.05) is 5.16 Å². The fraction of sp³-hybridized carbons (Fsp3) is 0.857. The van der Waals surface area contributed by atoms with Crippen LogP contribution < -0.4 is 0 Å². The van der Waals surface area contributed by atoms with E-state index in [1.54, 1.807) is 0 Å². The van der Waals surface area contributed by atoms with Crippen molar-refractivity contribution in [2.24, 2.45) is 11.1 Å². The van der Waals surface area contributed by atoms with E-state index in [2.05, 4.69) is 5.16 Å². The van der Waals surface area contributed by atoms with Crippen LogP contribution in [0.1, 0.15) is 13.8 Å². The average molecular weight is 189 g/mol. The Morgan fingerprint density at radius 3 is 2.92 bits per heavy atom. The highest BCUT2D eigenvalue weighted by Gasteiger charge is 2.54. The maximum absolute atomic E-state index is 11.3. The van der Waals surface area contributed by atoms with Gasteiger partial charge in [0, 0.05) is 0 Å². The van der Waals surface area contributed by atoms with Crippen molar-refractivity contribution in [3.63, 3.8) is 0 Å². The summed E-state index contributed by atoms with van der Waals surface area (Å²) in [5, 5.41) is 3.81. The summed E-state index contributed by atoms with van der Waals surface area (Å²) in [7, 11) is -2.90. The minimum atomic E-state index is -2.90. The van der Waals surface area contributed by atoms with Crippen LogP contribution in [0.3, 0.4) is 0 Å². The van der Waals surface area contributed by atoms with Crippen molar-refractivity contribution in [2.75, 3.05) is 11.5 Å². The van der Waals surface area contributed by atoms with E-state index in [1.807, 2.05) is 13.8 Å². The van der Waals surface area contributed by atoms with Crippen LogP contribution in [-0.4, -0.2) is 31.2 Å². The first-order valence-corrected chi connectivity index (χ1v) is 5.68. The molecule has 0 N–H and O–H groups in total. The number of hydrogen-bond donors (Lipinski definition) is 0. The highest BCUT2D eigenvalue weighted by atomic mass is 32.2. The molecule has 0 bridgehead atoms. The monoisotopic (exact) mass is 189 g/mol. The van der Waals surface area contributed by atoms with Gasteiger partial charge in [-0.15, -0.1) is 0 Å². The van der Waals surface area contributed by atoms with Gasteiger partial charge in [-0.25, -0.2) is 8.42 Å². The third-order valence-corrected chi connectivity index (χ3v) is 4.42. The Hall–Kier alpha value is -0.580. The van der Waals surface area contributed by atoms with E-state index in [0.717, 1.165) is 5.71 Å². The van der Waals surface area contributed by atoms with Crippen molar-refractivity contribution >= 4 is 15.5 Å². The summed E-state index contributed by atoms with van der Waals surface area (Å²) in [5.41, 5.74) is 0.224. The van der Waals surface area contributed by atoms with E-state index in [1.165, 1.54) is 0 Å². The Morgan fingerprint density at radius 2 is 2.33 bits per heavy atom. The molecule has 0 saturated carbocycles. The summed E-state index contributed by atoms with van der Waals surface area (Å²) in [6.07, 6.45) is 0. The number of oxime groups is 1. The number of rotatable bonds is 0. The Balaban J connectivity index is 2.40. The Labute approximate surface area is 71.5 Å². The molecule has 0 spiro atoms. The predicted octanol–water partition coefficient (Wildman–Crippen LogP) is 0.196. The average Bonchev–Trinajstić information content (AvgIpc) is 2.28. The summed E-state index contributed by atoms with van der Waals surface area (Å²) in [6, 6.07) is 0. The number of hydrogen-bond acceptors (Lipinski definition) is 4. The standard InChI is InChI=1S/C7H11NO3S/c1-5-6-3-12(9,10)4-7(6,2)11-8-5/h6H,3-4H2,1-2H3/t6?,7-/m1/s1. The Morgan fingerprint density at radius 1 is 1.67 bits per heavy atom. The fourth-order valence-electron chi connectivity index (χ4n) is 1.92. The van der Waals surface area contributed by atoms with Crippen molar-refractivity contribution in [3.8, 4) is 0 Å². The molecule has 2 aliphatic rings. The van der Waals surface area contributed by atoms with Crippen LogP contribution in [0, 0.1) is 5.92 Å². The lowest BCUT2D eigenvalue weighted by Gasteiger charge is -2.18. The zero-order valence-electron chi connectivity index (χ0n) is 7.07. The van der Waals surface area contributed by atoms with Gasteiger partial charge >= 0.3 is 0 Å². The number of fused-ring (bicyclic) bond motifs is 1. The smallest absolute Gasteiger partial charge is 0.157 e. The molecule has 0 aromatic heterocycles. The van der Waals surface area contributed by atoms with Crippen LogP contribution in [0.25, 0.3) is 0 Å². The molecule has 68 valence electrons. The largest absolute Gasteiger partial charge is 0.388 e. The summed E-state index contributed by atoms with van der Waals surface area (Å²) in [4.78, 5) is 5.12. The molecule has 2 aliphatic heterocycles. The zero-order valence-corrected chi connectivity index (χ0v) is 7.89. The zero-order chi connectivity index (χ0) is 8.98. The quantitative estimate of drug-likeness (QED) is 0.547. The molecule has 12 heavy (non-hydrogen) atoms. The number of nitrogens with zero attached hydrogens (tertiary/aromatic N) is 1. The van der Waals surface area contributed by atoms with Crippen molar-refractivity contribution in [2.45, 2.75) is 19.4 Å². The fourth-order valence-corrected chi connectivity index (χ4v) is 4.27. The first kappa shape index (κ1) is 8.04. The molecule has 2 heterocycles. The van der Waals surface area contributed by atoms with Gasteiger partial charge in [0.1, 0.15) is 0 Å². The minimum Gasteiger partial charge on any atom is -0.388 e. The van der Waals surface area contributed by atoms with E-state index in [4.69, 9.17) is 4.84 Å². The lowest BCUT2D eigenvalue weighted by molar-refractivity contribution is -0.000820. The van der Waals surface area contributed by atoms with E-state index in [0.29, 0.717) is 0 Å². The molecule has 0 aromatic rings. The van der Waals surface area contributed by atoms with Gasteiger partial charge in [0.15, 0.2) is 15.4 Å². The van der Waals surface area contributed by atoms with Gasteiger partial charge in [0.2, 0.25) is 0 Å². The molecule has 0 aliphatic carbocycles. The van der Waals surface area contributed by atoms with Crippen LogP contribution in [0.15, 0.2) is 5.16 Å². The molecule has 2 atom stereocenters. The minimum absolute atomic E-state index is 0.0255. The predicted molar refractivity (Wildman–Crippen MR) is 44.7 cm³/mol. The van der Waals surface area contributed by atoms with Crippen LogP contribution >= 0.6 is 0 Å². The molecule has 1 fully saturated rings. The van der Waals surface area contributed by atoms with Crippen molar-refractivity contribution < 1.29 is 13.3 Å². The van der Waals surface area contributed by atoms with Gasteiger partial charge in [0.25, 0.3) is 0 Å². The van der Waals surface area contributed by atoms with Crippen molar-refractivity contribution in [3.05, 3.63) is 0 Å². The molecule has 0 radical (unpaired) electrons. The highest BCUT2D eigenvalue weighted by Crippen LogP contribution is 2.38. The lowest BCUT2D eigenvalue weighted by atomic mass is 9.90. The molecule has 2 rings (SSSR count). The Bertz CT molecular complexity index is 346. The second-order valence-electron chi connectivity index (χ2n) is 3.74. The summed E-state index contributed by atoms with van der Waals surface area (Å²) < 4.78 is 22.5. The normalized spacial score (nSPS) is 43.5. The topological polar surface area (TPSA) is 55.7 Å². The van der Waals surface area contributed by atoms with Crippen LogP contribution in [0.2, 0.25) is 0 Å². The van der Waals surface area contributed by atoms with Gasteiger partial charge < -0.3 is 4.84 Å². The second kappa shape index (κ2) is 2.02. The maximum Gasteiger partial charge on any atom is 0.157 e. The van der Waals surface area contributed by atoms with E-state index in [-0.39, 0.29) is 17.4 Å². The molecule has 5 heteroatoms. The molecule has 0 aromatic carbocycles. The first-order valence-electron chi connectivity index (χ1n) is 3.86. The van der Waals surface area contributed by atoms with Gasteiger partial charge in [-0.2, -0.15) is 0 Å². The van der Waals surface area contributed by atoms with Gasteiger partial charge in [0.05, 0.1) is 23.1 Å². The SMILES string of the molecule is CC1=NO[C@]2(C)CS(=O)(=O)CC12. The molecular formula is C7H11NO3S. The van der Waals surface area contributed by atoms with Crippen LogP contribution in [0.4, 0.5) is 0 Å². The Kier molecular flexibility index (Phi) is 1.35. The molecule has 1 unspecified atom stereocenters. The highest BCUT2D eigenvalue weighted by molar-refractivity contribution is 7.91. The molecule has 0 amide bonds. The van der Waals surface area contributed by atoms with E-state index < -0.39 is 15.4 Å². The third kappa shape index (κ3) is 0.957. The van der Waals surface area contributed by atoms with Gasteiger partial charge in [-0.3, -0.25) is 0 Å². The summed E-state index contributed by atoms with van der Waals surface area (Å²) in [6.45, 7) is 3.62. The number of sulfone groups is 1. The van der Waals surface area contributed by atoms with Crippen molar-refractivity contribution in [1.29, 1.82) is 0 Å². The molecule has 4 nitrogen and oxygen atoms in total. The second-order valence-corrected chi connectivity index (χ2v) is 5.85. The summed E-state index contributed by atoms with van der Waals surface area (Å²) in [5.74, 6) is 0.271. The lowest BCUT2D eigenvalue weighted by Crippen LogP contribution is -2.33. The van der Waals surface area contributed by atoms with Crippen molar-refractivity contribution in [1.82, 2.24) is 0 Å². The maximum atomic E-state index is 11.3. The first-order chi connectivity index (χ1) is 5.43. The molecular weight excluding hydrogens is 178 g/mol. The van der Waals surface area contributed by atoms with Crippen LogP contribution in [-0.2, 0) is 14.7 Å².